The predicted molar refractivity (Wildman–Crippen MR) is 86.2 cm³/mol. The van der Waals surface area contributed by atoms with Gasteiger partial charge in [-0.15, -0.1) is 0 Å². The van der Waals surface area contributed by atoms with Crippen LogP contribution in [0.2, 0.25) is 0 Å². The molecule has 0 unspecified atom stereocenters. The topological polar surface area (TPSA) is 42.2 Å². The van der Waals surface area contributed by atoms with Crippen LogP contribution in [0.1, 0.15) is 10.4 Å². The van der Waals surface area contributed by atoms with Crippen molar-refractivity contribution in [3.8, 4) is 11.1 Å². The van der Waals surface area contributed by atoms with E-state index in [2.05, 4.69) is 21.2 Å². The van der Waals surface area contributed by atoms with Crippen LogP contribution in [0.4, 0.5) is 5.69 Å². The number of halogens is 1. The average Bonchev–Trinajstić information content (AvgIpc) is 2.95. The van der Waals surface area contributed by atoms with E-state index in [9.17, 15) is 4.79 Å². The molecule has 1 amide bonds. The summed E-state index contributed by atoms with van der Waals surface area (Å²) < 4.78 is 5.52. The van der Waals surface area contributed by atoms with E-state index in [1.807, 2.05) is 54.6 Å². The van der Waals surface area contributed by atoms with Gasteiger partial charge in [-0.3, -0.25) is 4.79 Å². The lowest BCUT2D eigenvalue weighted by Crippen LogP contribution is -2.12. The van der Waals surface area contributed by atoms with Crippen LogP contribution in [-0.2, 0) is 0 Å². The van der Waals surface area contributed by atoms with E-state index in [4.69, 9.17) is 4.42 Å². The van der Waals surface area contributed by atoms with Crippen molar-refractivity contribution in [2.24, 2.45) is 0 Å². The van der Waals surface area contributed by atoms with Crippen molar-refractivity contribution in [3.63, 3.8) is 0 Å². The maximum atomic E-state index is 12.3. The summed E-state index contributed by atoms with van der Waals surface area (Å²) in [6.45, 7) is 0. The van der Waals surface area contributed by atoms with E-state index in [0.717, 1.165) is 16.8 Å². The summed E-state index contributed by atoms with van der Waals surface area (Å²) in [5.41, 5.74) is 3.27. The van der Waals surface area contributed by atoms with E-state index in [1.165, 1.54) is 6.26 Å². The third kappa shape index (κ3) is 2.90. The van der Waals surface area contributed by atoms with Crippen LogP contribution in [0.3, 0.4) is 0 Å². The molecule has 0 fully saturated rings. The molecule has 3 rings (SSSR count). The number of hydrogen-bond donors (Lipinski definition) is 1. The molecule has 0 atom stereocenters. The molecule has 21 heavy (non-hydrogen) atoms. The lowest BCUT2D eigenvalue weighted by Gasteiger charge is -2.10. The molecule has 0 bridgehead atoms. The smallest absolute Gasteiger partial charge is 0.260 e. The van der Waals surface area contributed by atoms with Crippen LogP contribution < -0.4 is 5.32 Å². The summed E-state index contributed by atoms with van der Waals surface area (Å²) in [7, 11) is 0. The SMILES string of the molecule is O=C(Nc1ccccc1-c1ccccc1)c1ccoc1Br. The number of anilines is 1. The molecule has 3 aromatic rings. The molecule has 0 aliphatic rings. The number of furan rings is 1. The fraction of sp³-hybridized carbons (Fsp3) is 0. The highest BCUT2D eigenvalue weighted by atomic mass is 79.9. The van der Waals surface area contributed by atoms with Crippen molar-refractivity contribution in [3.05, 3.63) is 77.2 Å². The van der Waals surface area contributed by atoms with Crippen LogP contribution in [0.5, 0.6) is 0 Å². The third-order valence-electron chi connectivity index (χ3n) is 3.12. The molecule has 3 nitrogen and oxygen atoms in total. The lowest BCUT2D eigenvalue weighted by molar-refractivity contribution is 0.102. The maximum absolute atomic E-state index is 12.3. The fourth-order valence-corrected chi connectivity index (χ4v) is 2.53. The molecule has 1 heterocycles. The van der Waals surface area contributed by atoms with Crippen molar-refractivity contribution < 1.29 is 9.21 Å². The van der Waals surface area contributed by atoms with Gasteiger partial charge in [-0.05, 0) is 33.6 Å². The quantitative estimate of drug-likeness (QED) is 0.731. The Bertz CT molecular complexity index is 765. The second kappa shape index (κ2) is 5.97. The van der Waals surface area contributed by atoms with Crippen molar-refractivity contribution in [1.82, 2.24) is 0 Å². The Balaban J connectivity index is 1.94. The minimum Gasteiger partial charge on any atom is -0.457 e. The molecule has 0 saturated carbocycles. The van der Waals surface area contributed by atoms with Gasteiger partial charge in [-0.1, -0.05) is 48.5 Å². The normalized spacial score (nSPS) is 10.3. The average molecular weight is 342 g/mol. The largest absolute Gasteiger partial charge is 0.457 e. The molecular formula is C17H12BrNO2. The molecule has 0 aliphatic carbocycles. The number of amides is 1. The zero-order valence-electron chi connectivity index (χ0n) is 11.0. The first-order valence-electron chi connectivity index (χ1n) is 6.44. The molecular weight excluding hydrogens is 330 g/mol. The Hall–Kier alpha value is -2.33. The molecule has 1 N–H and O–H groups in total. The van der Waals surface area contributed by atoms with E-state index in [1.54, 1.807) is 6.07 Å². The number of carbonyl (C=O) groups excluding carboxylic acids is 1. The van der Waals surface area contributed by atoms with Gasteiger partial charge in [0.1, 0.15) is 0 Å². The predicted octanol–water partition coefficient (Wildman–Crippen LogP) is 4.96. The molecule has 0 saturated heterocycles. The second-order valence-corrected chi connectivity index (χ2v) is 5.19. The number of rotatable bonds is 3. The zero-order valence-corrected chi connectivity index (χ0v) is 12.6. The molecule has 0 aliphatic heterocycles. The van der Waals surface area contributed by atoms with Crippen LogP contribution in [0.25, 0.3) is 11.1 Å². The van der Waals surface area contributed by atoms with Crippen LogP contribution in [0, 0.1) is 0 Å². The Morgan fingerprint density at radius 1 is 0.952 bits per heavy atom. The van der Waals surface area contributed by atoms with Gasteiger partial charge >= 0.3 is 0 Å². The Morgan fingerprint density at radius 2 is 1.67 bits per heavy atom. The highest BCUT2D eigenvalue weighted by molar-refractivity contribution is 9.10. The first-order chi connectivity index (χ1) is 10.3. The first kappa shape index (κ1) is 13.6. The van der Waals surface area contributed by atoms with Crippen molar-refractivity contribution in [1.29, 1.82) is 0 Å². The van der Waals surface area contributed by atoms with Gasteiger partial charge in [0.15, 0.2) is 4.67 Å². The van der Waals surface area contributed by atoms with Gasteiger partial charge in [-0.25, -0.2) is 0 Å². The second-order valence-electron chi connectivity index (χ2n) is 4.47. The van der Waals surface area contributed by atoms with Gasteiger partial charge in [0, 0.05) is 11.3 Å². The Labute approximate surface area is 130 Å². The van der Waals surface area contributed by atoms with Crippen LogP contribution in [-0.4, -0.2) is 5.91 Å². The number of para-hydroxylation sites is 1. The van der Waals surface area contributed by atoms with Gasteiger partial charge in [0.2, 0.25) is 0 Å². The number of hydrogen-bond acceptors (Lipinski definition) is 2. The van der Waals surface area contributed by atoms with Crippen molar-refractivity contribution in [2.45, 2.75) is 0 Å². The fourth-order valence-electron chi connectivity index (χ4n) is 2.11. The Morgan fingerprint density at radius 3 is 2.38 bits per heavy atom. The van der Waals surface area contributed by atoms with Gasteiger partial charge in [-0.2, -0.15) is 0 Å². The molecule has 4 heteroatoms. The monoisotopic (exact) mass is 341 g/mol. The third-order valence-corrected chi connectivity index (χ3v) is 3.74. The van der Waals surface area contributed by atoms with Crippen LogP contribution >= 0.6 is 15.9 Å². The van der Waals surface area contributed by atoms with E-state index in [0.29, 0.717) is 10.2 Å². The molecule has 0 spiro atoms. The minimum absolute atomic E-state index is 0.209. The summed E-state index contributed by atoms with van der Waals surface area (Å²) in [6.07, 6.45) is 1.47. The molecule has 2 aromatic carbocycles. The van der Waals surface area contributed by atoms with Crippen molar-refractivity contribution >= 4 is 27.5 Å². The number of carbonyl (C=O) groups is 1. The highest BCUT2D eigenvalue weighted by Crippen LogP contribution is 2.28. The summed E-state index contributed by atoms with van der Waals surface area (Å²) in [4.78, 5) is 12.3. The summed E-state index contributed by atoms with van der Waals surface area (Å²) in [5, 5.41) is 2.92. The standard InChI is InChI=1S/C17H12BrNO2/c18-16-14(10-11-21-16)17(20)19-15-9-5-4-8-13(15)12-6-2-1-3-7-12/h1-11H,(H,19,20). The van der Waals surface area contributed by atoms with Crippen LogP contribution in [0.15, 0.2) is 76.0 Å². The maximum Gasteiger partial charge on any atom is 0.260 e. The first-order valence-corrected chi connectivity index (χ1v) is 7.24. The molecule has 0 radical (unpaired) electrons. The minimum atomic E-state index is -0.209. The Kier molecular flexibility index (Phi) is 3.88. The lowest BCUT2D eigenvalue weighted by atomic mass is 10.0. The zero-order chi connectivity index (χ0) is 14.7. The van der Waals surface area contributed by atoms with E-state index < -0.39 is 0 Å². The van der Waals surface area contributed by atoms with E-state index in [-0.39, 0.29) is 5.91 Å². The van der Waals surface area contributed by atoms with E-state index >= 15 is 0 Å². The van der Waals surface area contributed by atoms with Gasteiger partial charge in [0.25, 0.3) is 5.91 Å². The number of benzene rings is 2. The molecule has 104 valence electrons. The summed E-state index contributed by atoms with van der Waals surface area (Å²) >= 11 is 3.22. The molecule has 1 aromatic heterocycles. The summed E-state index contributed by atoms with van der Waals surface area (Å²) in [6, 6.07) is 19.3. The summed E-state index contributed by atoms with van der Waals surface area (Å²) in [5.74, 6) is -0.209. The number of nitrogens with one attached hydrogen (secondary N) is 1. The van der Waals surface area contributed by atoms with Gasteiger partial charge < -0.3 is 9.73 Å². The highest BCUT2D eigenvalue weighted by Gasteiger charge is 2.14. The van der Waals surface area contributed by atoms with Gasteiger partial charge in [0.05, 0.1) is 11.8 Å². The van der Waals surface area contributed by atoms with Crippen molar-refractivity contribution in [2.75, 3.05) is 5.32 Å².